The molecule has 0 radical (unpaired) electrons. The van der Waals surface area contributed by atoms with Gasteiger partial charge in [-0.3, -0.25) is 9.79 Å². The monoisotopic (exact) mass is 289 g/mol. The second-order valence-electron chi connectivity index (χ2n) is 4.33. The van der Waals surface area contributed by atoms with Crippen molar-refractivity contribution in [2.45, 2.75) is 13.0 Å². The van der Waals surface area contributed by atoms with Gasteiger partial charge in [-0.05, 0) is 25.1 Å². The number of benzodiazepines with no additional fused rings is 1. The number of nitrogens with one attached hydrogen (secondary N) is 1. The average molecular weight is 290 g/mol. The van der Waals surface area contributed by atoms with Crippen LogP contribution in [0.5, 0.6) is 0 Å². The Labute approximate surface area is 129 Å². The highest BCUT2D eigenvalue weighted by Crippen LogP contribution is 2.27. The Hall–Kier alpha value is -2.13. The van der Waals surface area contributed by atoms with Crippen LogP contribution in [0, 0.1) is 0 Å². The fourth-order valence-corrected chi connectivity index (χ4v) is 2.12. The Morgan fingerprint density at radius 2 is 2.05 bits per heavy atom. The van der Waals surface area contributed by atoms with E-state index in [2.05, 4.69) is 10.3 Å². The van der Waals surface area contributed by atoms with Crippen molar-refractivity contribution in [3.05, 3.63) is 64.6 Å². The number of nitrogens with zero attached hydrogens (tertiary/aromatic N) is 1. The maximum atomic E-state index is 12.1. The molecule has 4 heteroatoms. The smallest absolute Gasteiger partial charge is 0.248 e. The van der Waals surface area contributed by atoms with Crippen molar-refractivity contribution < 1.29 is 11.6 Å². The van der Waals surface area contributed by atoms with Crippen LogP contribution in [0.2, 0.25) is 5.02 Å². The SMILES string of the molecule is [2H]c1c([2H])c([2H])c(C2=N[C@@H](C)C(=O)Nc3ccc(Cl)cc32)c([2H])c1[2H]. The van der Waals surface area contributed by atoms with Crippen LogP contribution in [0.1, 0.15) is 24.9 Å². The zero-order valence-electron chi connectivity index (χ0n) is 15.5. The molecule has 20 heavy (non-hydrogen) atoms. The number of hydrogen-bond acceptors (Lipinski definition) is 2. The minimum absolute atomic E-state index is 0.0575. The maximum absolute atomic E-state index is 12.1. The average Bonchev–Trinajstić information content (AvgIpc) is 2.69. The highest BCUT2D eigenvalue weighted by Gasteiger charge is 2.22. The minimum atomic E-state index is -0.793. The largest absolute Gasteiger partial charge is 0.324 e. The van der Waals surface area contributed by atoms with E-state index in [1.165, 1.54) is 0 Å². The molecule has 0 unspecified atom stereocenters. The Morgan fingerprint density at radius 3 is 2.80 bits per heavy atom. The lowest BCUT2D eigenvalue weighted by Crippen LogP contribution is -2.22. The molecule has 3 rings (SSSR count). The summed E-state index contributed by atoms with van der Waals surface area (Å²) in [4.78, 5) is 16.5. The molecule has 0 aliphatic carbocycles. The first-order valence-electron chi connectivity index (χ1n) is 8.48. The van der Waals surface area contributed by atoms with Gasteiger partial charge in [0.2, 0.25) is 5.91 Å². The first kappa shape index (κ1) is 8.22. The van der Waals surface area contributed by atoms with Gasteiger partial charge in [-0.1, -0.05) is 41.8 Å². The third kappa shape index (κ3) is 2.32. The molecule has 0 spiro atoms. The number of benzene rings is 2. The first-order valence-corrected chi connectivity index (χ1v) is 6.36. The Morgan fingerprint density at radius 1 is 1.30 bits per heavy atom. The van der Waals surface area contributed by atoms with Gasteiger partial charge in [0, 0.05) is 16.1 Å². The van der Waals surface area contributed by atoms with Gasteiger partial charge in [-0.15, -0.1) is 0 Å². The van der Waals surface area contributed by atoms with Crippen LogP contribution in [0.15, 0.2) is 53.4 Å². The second-order valence-corrected chi connectivity index (χ2v) is 4.77. The molecule has 1 aliphatic heterocycles. The maximum Gasteiger partial charge on any atom is 0.248 e. The third-order valence-corrected chi connectivity index (χ3v) is 3.17. The summed E-state index contributed by atoms with van der Waals surface area (Å²) in [6.07, 6.45) is 0. The highest BCUT2D eigenvalue weighted by atomic mass is 35.5. The fraction of sp³-hybridized carbons (Fsp3) is 0.125. The van der Waals surface area contributed by atoms with E-state index < -0.39 is 24.2 Å². The van der Waals surface area contributed by atoms with Gasteiger partial charge in [0.1, 0.15) is 6.04 Å². The topological polar surface area (TPSA) is 41.5 Å². The molecule has 0 fully saturated rings. The molecule has 0 bridgehead atoms. The van der Waals surface area contributed by atoms with E-state index in [0.717, 1.165) is 0 Å². The molecule has 1 heterocycles. The number of rotatable bonds is 1. The van der Waals surface area contributed by atoms with E-state index in [4.69, 9.17) is 18.5 Å². The molecule has 1 N–H and O–H groups in total. The third-order valence-electron chi connectivity index (χ3n) is 2.93. The molecule has 2 aromatic rings. The summed E-state index contributed by atoms with van der Waals surface area (Å²) in [5, 5.41) is 3.09. The number of amides is 1. The lowest BCUT2D eigenvalue weighted by Gasteiger charge is -2.10. The molecule has 100 valence electrons. The number of anilines is 1. The number of fused-ring (bicyclic) bond motifs is 1. The summed E-state index contributed by atoms with van der Waals surface area (Å²) in [6.45, 7) is 1.57. The predicted molar refractivity (Wildman–Crippen MR) is 81.6 cm³/mol. The summed E-state index contributed by atoms with van der Waals surface area (Å²) in [5.41, 5.74) is 0.909. The van der Waals surface area contributed by atoms with Crippen LogP contribution in [0.4, 0.5) is 5.69 Å². The summed E-state index contributed by atoms with van der Waals surface area (Å²) < 4.78 is 39.8. The van der Waals surface area contributed by atoms with Crippen molar-refractivity contribution in [3.63, 3.8) is 0 Å². The predicted octanol–water partition coefficient (Wildman–Crippen LogP) is 3.52. The van der Waals surface area contributed by atoms with E-state index in [-0.39, 0.29) is 29.3 Å². The lowest BCUT2D eigenvalue weighted by molar-refractivity contribution is -0.116. The molecule has 1 aliphatic rings. The van der Waals surface area contributed by atoms with Crippen molar-refractivity contribution in [3.8, 4) is 0 Å². The van der Waals surface area contributed by atoms with Gasteiger partial charge in [-0.25, -0.2) is 0 Å². The second kappa shape index (κ2) is 5.10. The van der Waals surface area contributed by atoms with E-state index in [1.807, 2.05) is 0 Å². The summed E-state index contributed by atoms with van der Waals surface area (Å²) >= 11 is 6.06. The number of carbonyl (C=O) groups is 1. The number of aliphatic imine (C=N–C) groups is 1. The molecule has 3 nitrogen and oxygen atoms in total. The molecule has 2 aromatic carbocycles. The van der Waals surface area contributed by atoms with E-state index in [0.29, 0.717) is 16.3 Å². The van der Waals surface area contributed by atoms with E-state index in [9.17, 15) is 4.79 Å². The molecule has 0 saturated carbocycles. The summed E-state index contributed by atoms with van der Waals surface area (Å²) in [7, 11) is 0. The van der Waals surface area contributed by atoms with Crippen LogP contribution in [0.3, 0.4) is 0 Å². The van der Waals surface area contributed by atoms with Crippen molar-refractivity contribution in [2.75, 3.05) is 5.32 Å². The zero-order valence-corrected chi connectivity index (χ0v) is 11.3. The molecule has 0 saturated heterocycles. The van der Waals surface area contributed by atoms with Crippen LogP contribution >= 0.6 is 11.6 Å². The van der Waals surface area contributed by atoms with Gasteiger partial charge in [0.05, 0.1) is 18.3 Å². The summed E-state index contributed by atoms with van der Waals surface area (Å²) in [6, 6.07) is 1.79. The van der Waals surface area contributed by atoms with Crippen molar-refractivity contribution in [2.24, 2.45) is 4.99 Å². The van der Waals surface area contributed by atoms with E-state index >= 15 is 0 Å². The Balaban J connectivity index is 2.39. The van der Waals surface area contributed by atoms with Gasteiger partial charge in [-0.2, -0.15) is 0 Å². The normalized spacial score (nSPS) is 21.3. The molecule has 1 amide bonds. The van der Waals surface area contributed by atoms with Gasteiger partial charge < -0.3 is 5.32 Å². The Kier molecular flexibility index (Phi) is 2.10. The molecule has 0 aromatic heterocycles. The standard InChI is InChI=1S/C16H13ClN2O/c1-10-16(20)19-14-8-7-12(17)9-13(14)15(18-10)11-5-3-2-4-6-11/h2-10H,1H3,(H,19,20)/t10-/m0/s1/i2D,3D,4D,5D,6D. The van der Waals surface area contributed by atoms with Crippen molar-refractivity contribution in [1.29, 1.82) is 0 Å². The first-order chi connectivity index (χ1) is 11.7. The van der Waals surface area contributed by atoms with Crippen LogP contribution in [0.25, 0.3) is 0 Å². The molecule has 1 atom stereocenters. The van der Waals surface area contributed by atoms with Gasteiger partial charge in [0.25, 0.3) is 0 Å². The molecular weight excluding hydrogens is 272 g/mol. The van der Waals surface area contributed by atoms with Crippen molar-refractivity contribution in [1.82, 2.24) is 0 Å². The van der Waals surface area contributed by atoms with Crippen LogP contribution in [-0.4, -0.2) is 17.7 Å². The minimum Gasteiger partial charge on any atom is -0.324 e. The quantitative estimate of drug-likeness (QED) is 0.857. The van der Waals surface area contributed by atoms with Gasteiger partial charge >= 0.3 is 0 Å². The fourth-order valence-electron chi connectivity index (χ4n) is 1.95. The van der Waals surface area contributed by atoms with Crippen LogP contribution < -0.4 is 5.32 Å². The highest BCUT2D eigenvalue weighted by molar-refractivity contribution is 6.32. The summed E-state index contributed by atoms with van der Waals surface area (Å²) in [5.74, 6) is -0.356. The van der Waals surface area contributed by atoms with Crippen molar-refractivity contribution >= 4 is 28.9 Å². The lowest BCUT2D eigenvalue weighted by atomic mass is 10.0. The zero-order chi connectivity index (χ0) is 18.5. The molecular formula is C16H13ClN2O. The Bertz CT molecular complexity index is 916. The van der Waals surface area contributed by atoms with Crippen LogP contribution in [-0.2, 0) is 4.79 Å². The number of carbonyl (C=O) groups excluding carboxylic acids is 1. The van der Waals surface area contributed by atoms with E-state index in [1.54, 1.807) is 25.1 Å². The number of hydrogen-bond donors (Lipinski definition) is 1. The number of halogens is 1. The van der Waals surface area contributed by atoms with Gasteiger partial charge in [0.15, 0.2) is 0 Å².